The number of nitriles is 2. The van der Waals surface area contributed by atoms with E-state index in [1.807, 2.05) is 24.8 Å². The van der Waals surface area contributed by atoms with Crippen LogP contribution in [-0.2, 0) is 22.6 Å². The standard InChI is InChI=1S/C14H21N4O2/c15-4-1-2-6-17-7-8-18(14-17)9-11-20-13-12-19-10-3-5-16/h7-8,14H,1-3,6,9-13H2/q+1. The Bertz CT molecular complexity index is 445. The highest BCUT2D eigenvalue weighted by Crippen LogP contribution is 1.90. The molecule has 0 amide bonds. The molecule has 1 aromatic rings. The van der Waals surface area contributed by atoms with E-state index in [2.05, 4.69) is 15.2 Å². The number of hydrogen-bond acceptors (Lipinski definition) is 4. The first-order valence-corrected chi connectivity index (χ1v) is 6.81. The lowest BCUT2D eigenvalue weighted by atomic mass is 10.3. The van der Waals surface area contributed by atoms with E-state index >= 15 is 0 Å². The van der Waals surface area contributed by atoms with Crippen LogP contribution in [0.15, 0.2) is 18.7 Å². The fourth-order valence-corrected chi connectivity index (χ4v) is 1.65. The lowest BCUT2D eigenvalue weighted by molar-refractivity contribution is -0.696. The van der Waals surface area contributed by atoms with E-state index in [0.29, 0.717) is 39.3 Å². The number of rotatable bonds is 11. The highest BCUT2D eigenvalue weighted by Gasteiger charge is 2.03. The number of ether oxygens (including phenoxy) is 2. The van der Waals surface area contributed by atoms with Gasteiger partial charge in [0.2, 0.25) is 6.33 Å². The van der Waals surface area contributed by atoms with Crippen molar-refractivity contribution in [1.82, 2.24) is 4.57 Å². The first-order chi connectivity index (χ1) is 9.86. The van der Waals surface area contributed by atoms with Gasteiger partial charge in [0.15, 0.2) is 0 Å². The summed E-state index contributed by atoms with van der Waals surface area (Å²) in [5.41, 5.74) is 0. The molecule has 0 N–H and O–H groups in total. The van der Waals surface area contributed by atoms with E-state index in [9.17, 15) is 0 Å². The third-order valence-electron chi connectivity index (χ3n) is 2.68. The predicted molar refractivity (Wildman–Crippen MR) is 71.3 cm³/mol. The Hall–Kier alpha value is -1.89. The SMILES string of the molecule is N#CCCC[n+]1ccn(CCOCCOCCC#N)c1. The Morgan fingerprint density at radius 2 is 1.75 bits per heavy atom. The smallest absolute Gasteiger partial charge is 0.243 e. The van der Waals surface area contributed by atoms with Gasteiger partial charge in [0, 0.05) is 6.42 Å². The minimum atomic E-state index is 0.426. The summed E-state index contributed by atoms with van der Waals surface area (Å²) < 4.78 is 14.8. The largest absolute Gasteiger partial charge is 0.378 e. The zero-order valence-electron chi connectivity index (χ0n) is 11.7. The third-order valence-corrected chi connectivity index (χ3v) is 2.68. The molecule has 0 unspecified atom stereocenters. The average molecular weight is 277 g/mol. The minimum Gasteiger partial charge on any atom is -0.378 e. The fourth-order valence-electron chi connectivity index (χ4n) is 1.65. The third kappa shape index (κ3) is 7.52. The van der Waals surface area contributed by atoms with E-state index in [1.165, 1.54) is 0 Å². The van der Waals surface area contributed by atoms with E-state index < -0.39 is 0 Å². The minimum absolute atomic E-state index is 0.426. The van der Waals surface area contributed by atoms with Crippen LogP contribution < -0.4 is 4.57 Å². The monoisotopic (exact) mass is 277 g/mol. The number of nitrogens with zero attached hydrogens (tertiary/aromatic N) is 4. The molecule has 108 valence electrons. The number of aromatic nitrogens is 2. The quantitative estimate of drug-likeness (QED) is 0.447. The van der Waals surface area contributed by atoms with Crippen LogP contribution in [0.25, 0.3) is 0 Å². The second-order valence-corrected chi connectivity index (χ2v) is 4.28. The molecule has 0 atom stereocenters. The van der Waals surface area contributed by atoms with Gasteiger partial charge in [0.25, 0.3) is 0 Å². The summed E-state index contributed by atoms with van der Waals surface area (Å²) in [7, 11) is 0. The number of unbranched alkanes of at least 4 members (excludes halogenated alkanes) is 1. The van der Waals surface area contributed by atoms with Crippen LogP contribution in [0.4, 0.5) is 0 Å². The molecule has 0 fully saturated rings. The second-order valence-electron chi connectivity index (χ2n) is 4.28. The van der Waals surface area contributed by atoms with Crippen LogP contribution in [0.5, 0.6) is 0 Å². The summed E-state index contributed by atoms with van der Waals surface area (Å²) in [6, 6.07) is 4.16. The molecule has 0 saturated carbocycles. The zero-order chi connectivity index (χ0) is 14.5. The Balaban J connectivity index is 2.02. The molecule has 0 spiro atoms. The summed E-state index contributed by atoms with van der Waals surface area (Å²) in [4.78, 5) is 0. The molecule has 0 aliphatic carbocycles. The molecule has 20 heavy (non-hydrogen) atoms. The summed E-state index contributed by atoms with van der Waals surface area (Å²) in [5, 5.41) is 16.8. The van der Waals surface area contributed by atoms with Gasteiger partial charge in [-0.15, -0.1) is 0 Å². The van der Waals surface area contributed by atoms with Crippen molar-refractivity contribution in [3.63, 3.8) is 0 Å². The Kier molecular flexibility index (Phi) is 8.88. The van der Waals surface area contributed by atoms with Crippen molar-refractivity contribution < 1.29 is 14.0 Å². The van der Waals surface area contributed by atoms with Crippen LogP contribution in [-0.4, -0.2) is 31.0 Å². The van der Waals surface area contributed by atoms with Crippen molar-refractivity contribution in [2.75, 3.05) is 26.4 Å². The molecule has 6 heteroatoms. The summed E-state index contributed by atoms with van der Waals surface area (Å²) in [6.07, 6.45) is 7.91. The van der Waals surface area contributed by atoms with E-state index in [-0.39, 0.29) is 0 Å². The van der Waals surface area contributed by atoms with Gasteiger partial charge in [-0.3, -0.25) is 0 Å². The molecule has 1 rings (SSSR count). The van der Waals surface area contributed by atoms with Crippen molar-refractivity contribution in [2.45, 2.75) is 32.4 Å². The zero-order valence-corrected chi connectivity index (χ0v) is 11.7. The number of hydrogen-bond donors (Lipinski definition) is 0. The molecule has 1 aromatic heterocycles. The van der Waals surface area contributed by atoms with Crippen LogP contribution in [0.2, 0.25) is 0 Å². The molecule has 0 aliphatic rings. The van der Waals surface area contributed by atoms with Gasteiger partial charge in [-0.25, -0.2) is 9.13 Å². The van der Waals surface area contributed by atoms with E-state index in [1.54, 1.807) is 0 Å². The van der Waals surface area contributed by atoms with Crippen LogP contribution in [0, 0.1) is 22.7 Å². The molecule has 0 bridgehead atoms. The van der Waals surface area contributed by atoms with Gasteiger partial charge in [-0.2, -0.15) is 10.5 Å². The van der Waals surface area contributed by atoms with Crippen LogP contribution in [0.3, 0.4) is 0 Å². The second kappa shape index (κ2) is 11.0. The maximum atomic E-state index is 8.48. The first kappa shape index (κ1) is 16.2. The van der Waals surface area contributed by atoms with Crippen LogP contribution >= 0.6 is 0 Å². The van der Waals surface area contributed by atoms with Gasteiger partial charge >= 0.3 is 0 Å². The number of imidazole rings is 1. The number of aryl methyl sites for hydroxylation is 1. The van der Waals surface area contributed by atoms with Crippen molar-refractivity contribution in [1.29, 1.82) is 10.5 Å². The maximum absolute atomic E-state index is 8.48. The summed E-state index contributed by atoms with van der Waals surface area (Å²) in [6.45, 7) is 3.85. The van der Waals surface area contributed by atoms with Crippen LogP contribution in [0.1, 0.15) is 19.3 Å². The van der Waals surface area contributed by atoms with Gasteiger partial charge < -0.3 is 9.47 Å². The Morgan fingerprint density at radius 3 is 2.50 bits per heavy atom. The molecule has 6 nitrogen and oxygen atoms in total. The highest BCUT2D eigenvalue weighted by molar-refractivity contribution is 4.68. The van der Waals surface area contributed by atoms with E-state index in [0.717, 1.165) is 19.5 Å². The van der Waals surface area contributed by atoms with Crippen molar-refractivity contribution in [3.8, 4) is 12.1 Å². The first-order valence-electron chi connectivity index (χ1n) is 6.81. The lowest BCUT2D eigenvalue weighted by Gasteiger charge is -2.03. The highest BCUT2D eigenvalue weighted by atomic mass is 16.5. The Morgan fingerprint density at radius 1 is 1.00 bits per heavy atom. The van der Waals surface area contributed by atoms with Gasteiger partial charge in [0.1, 0.15) is 18.9 Å². The van der Waals surface area contributed by atoms with Gasteiger partial charge in [-0.1, -0.05) is 0 Å². The molecular weight excluding hydrogens is 256 g/mol. The lowest BCUT2D eigenvalue weighted by Crippen LogP contribution is -2.30. The summed E-state index contributed by atoms with van der Waals surface area (Å²) in [5.74, 6) is 0. The van der Waals surface area contributed by atoms with Gasteiger partial charge in [-0.05, 0) is 6.42 Å². The summed E-state index contributed by atoms with van der Waals surface area (Å²) >= 11 is 0. The van der Waals surface area contributed by atoms with E-state index in [4.69, 9.17) is 20.0 Å². The average Bonchev–Trinajstić information content (AvgIpc) is 2.90. The normalized spacial score (nSPS) is 10.1. The fraction of sp³-hybridized carbons (Fsp3) is 0.643. The van der Waals surface area contributed by atoms with Crippen molar-refractivity contribution in [3.05, 3.63) is 18.7 Å². The molecule has 1 heterocycles. The topological polar surface area (TPSA) is 74.8 Å². The maximum Gasteiger partial charge on any atom is 0.243 e. The molecular formula is C14H21N4O2+. The Labute approximate surface area is 119 Å². The van der Waals surface area contributed by atoms with Gasteiger partial charge in [0.05, 0.1) is 51.5 Å². The molecule has 0 saturated heterocycles. The van der Waals surface area contributed by atoms with Crippen molar-refractivity contribution >= 4 is 0 Å². The molecule has 0 radical (unpaired) electrons. The van der Waals surface area contributed by atoms with Crippen molar-refractivity contribution in [2.24, 2.45) is 0 Å². The molecule has 0 aromatic carbocycles. The molecule has 0 aliphatic heterocycles. The predicted octanol–water partition coefficient (Wildman–Crippen LogP) is 1.03.